The van der Waals surface area contributed by atoms with Crippen molar-refractivity contribution in [3.8, 4) is 0 Å². The SMILES string of the molecule is Cc1[nH]cc(NC(=O)c2cc(F)cnc2Cl)c1C(=O)O. The highest BCUT2D eigenvalue weighted by atomic mass is 35.5. The molecule has 104 valence electrons. The zero-order valence-electron chi connectivity index (χ0n) is 10.2. The third-order valence-electron chi connectivity index (χ3n) is 2.59. The standard InChI is InChI=1S/C12H9ClFN3O3/c1-5-9(12(19)20)8(4-15-5)17-11(18)7-2-6(14)3-16-10(7)13/h2-4,15H,1H3,(H,17,18)(H,19,20). The number of halogens is 2. The van der Waals surface area contributed by atoms with E-state index in [1.165, 1.54) is 6.20 Å². The van der Waals surface area contributed by atoms with Crippen molar-refractivity contribution < 1.29 is 19.1 Å². The molecule has 0 fully saturated rings. The van der Waals surface area contributed by atoms with Crippen LogP contribution >= 0.6 is 11.6 Å². The van der Waals surface area contributed by atoms with Gasteiger partial charge in [0.25, 0.3) is 5.91 Å². The first-order valence-corrected chi connectivity index (χ1v) is 5.81. The first-order chi connectivity index (χ1) is 9.40. The molecular weight excluding hydrogens is 289 g/mol. The van der Waals surface area contributed by atoms with E-state index < -0.39 is 17.7 Å². The molecule has 2 rings (SSSR count). The molecule has 0 aliphatic carbocycles. The molecule has 0 saturated heterocycles. The third kappa shape index (κ3) is 2.62. The van der Waals surface area contributed by atoms with Gasteiger partial charge in [-0.25, -0.2) is 14.2 Å². The molecule has 0 bridgehead atoms. The Morgan fingerprint density at radius 1 is 1.50 bits per heavy atom. The Labute approximate surface area is 117 Å². The van der Waals surface area contributed by atoms with Gasteiger partial charge in [0.2, 0.25) is 0 Å². The van der Waals surface area contributed by atoms with Crippen LogP contribution in [0.25, 0.3) is 0 Å². The Bertz CT molecular complexity index is 699. The molecule has 2 aromatic rings. The lowest BCUT2D eigenvalue weighted by Gasteiger charge is -2.06. The maximum Gasteiger partial charge on any atom is 0.339 e. The van der Waals surface area contributed by atoms with E-state index in [1.807, 2.05) is 0 Å². The fraction of sp³-hybridized carbons (Fsp3) is 0.0833. The molecule has 3 N–H and O–H groups in total. The molecule has 0 radical (unpaired) electrons. The number of carbonyl (C=O) groups excluding carboxylic acids is 1. The lowest BCUT2D eigenvalue weighted by molar-refractivity contribution is 0.0697. The summed E-state index contributed by atoms with van der Waals surface area (Å²) in [6, 6.07) is 0.921. The highest BCUT2D eigenvalue weighted by molar-refractivity contribution is 6.33. The second-order valence-corrected chi connectivity index (χ2v) is 4.31. The minimum Gasteiger partial charge on any atom is -0.478 e. The van der Waals surface area contributed by atoms with E-state index in [2.05, 4.69) is 15.3 Å². The molecule has 0 unspecified atom stereocenters. The molecule has 8 heteroatoms. The molecular formula is C12H9ClFN3O3. The van der Waals surface area contributed by atoms with Gasteiger partial charge in [0.1, 0.15) is 16.5 Å². The minimum absolute atomic E-state index is 0.0697. The topological polar surface area (TPSA) is 95.1 Å². The van der Waals surface area contributed by atoms with Crippen molar-refractivity contribution in [2.45, 2.75) is 6.92 Å². The first-order valence-electron chi connectivity index (χ1n) is 5.44. The van der Waals surface area contributed by atoms with Gasteiger partial charge < -0.3 is 15.4 Å². The number of carbonyl (C=O) groups is 2. The summed E-state index contributed by atoms with van der Waals surface area (Å²) < 4.78 is 13.1. The Kier molecular flexibility index (Phi) is 3.71. The van der Waals surface area contributed by atoms with E-state index >= 15 is 0 Å². The predicted octanol–water partition coefficient (Wildman–Crippen LogP) is 2.46. The van der Waals surface area contributed by atoms with Gasteiger partial charge in [-0.15, -0.1) is 0 Å². The summed E-state index contributed by atoms with van der Waals surface area (Å²) in [5, 5.41) is 11.2. The smallest absolute Gasteiger partial charge is 0.339 e. The van der Waals surface area contributed by atoms with Crippen molar-refractivity contribution in [1.82, 2.24) is 9.97 Å². The molecule has 2 aromatic heterocycles. The Balaban J connectivity index is 2.33. The fourth-order valence-corrected chi connectivity index (χ4v) is 1.86. The van der Waals surface area contributed by atoms with Crippen molar-refractivity contribution in [1.29, 1.82) is 0 Å². The molecule has 0 aliphatic heterocycles. The molecule has 0 saturated carbocycles. The molecule has 0 atom stereocenters. The summed E-state index contributed by atoms with van der Waals surface area (Å²) in [5.41, 5.74) is 0.206. The number of amides is 1. The molecule has 20 heavy (non-hydrogen) atoms. The van der Waals surface area contributed by atoms with E-state index in [1.54, 1.807) is 6.92 Å². The van der Waals surface area contributed by atoms with E-state index in [-0.39, 0.29) is 22.0 Å². The number of carboxylic acids is 1. The van der Waals surface area contributed by atoms with Gasteiger partial charge in [-0.2, -0.15) is 0 Å². The molecule has 0 aromatic carbocycles. The van der Waals surface area contributed by atoms with Gasteiger partial charge in [0, 0.05) is 11.9 Å². The number of nitrogens with zero attached hydrogens (tertiary/aromatic N) is 1. The van der Waals surface area contributed by atoms with Crippen LogP contribution < -0.4 is 5.32 Å². The van der Waals surface area contributed by atoms with Gasteiger partial charge in [-0.05, 0) is 13.0 Å². The molecule has 1 amide bonds. The highest BCUT2D eigenvalue weighted by Crippen LogP contribution is 2.21. The maximum absolute atomic E-state index is 13.1. The Morgan fingerprint density at radius 2 is 2.20 bits per heavy atom. The van der Waals surface area contributed by atoms with Crippen LogP contribution in [0, 0.1) is 12.7 Å². The summed E-state index contributed by atoms with van der Waals surface area (Å²) >= 11 is 5.70. The Hall–Kier alpha value is -2.41. The molecule has 2 heterocycles. The second-order valence-electron chi connectivity index (χ2n) is 3.95. The summed E-state index contributed by atoms with van der Waals surface area (Å²) in [6.07, 6.45) is 2.21. The quantitative estimate of drug-likeness (QED) is 0.758. The van der Waals surface area contributed by atoms with Gasteiger partial charge in [-0.3, -0.25) is 4.79 Å². The minimum atomic E-state index is -1.19. The van der Waals surface area contributed by atoms with Crippen molar-refractivity contribution in [2.75, 3.05) is 5.32 Å². The molecule has 0 spiro atoms. The monoisotopic (exact) mass is 297 g/mol. The number of nitrogens with one attached hydrogen (secondary N) is 2. The summed E-state index contributed by atoms with van der Waals surface area (Å²) in [6.45, 7) is 1.55. The summed E-state index contributed by atoms with van der Waals surface area (Å²) in [4.78, 5) is 29.2. The number of aromatic carboxylic acids is 1. The van der Waals surface area contributed by atoms with E-state index in [9.17, 15) is 14.0 Å². The predicted molar refractivity (Wildman–Crippen MR) is 69.6 cm³/mol. The average molecular weight is 298 g/mol. The van der Waals surface area contributed by atoms with Gasteiger partial charge in [-0.1, -0.05) is 11.6 Å². The lowest BCUT2D eigenvalue weighted by Crippen LogP contribution is -2.15. The van der Waals surface area contributed by atoms with Crippen LogP contribution in [0.5, 0.6) is 0 Å². The van der Waals surface area contributed by atoms with E-state index in [0.717, 1.165) is 12.3 Å². The lowest BCUT2D eigenvalue weighted by atomic mass is 10.2. The zero-order chi connectivity index (χ0) is 14.9. The van der Waals surface area contributed by atoms with Gasteiger partial charge in [0.05, 0.1) is 17.4 Å². The number of rotatable bonds is 3. The van der Waals surface area contributed by atoms with E-state index in [0.29, 0.717) is 5.69 Å². The normalized spacial score (nSPS) is 10.3. The molecule has 0 aliphatic rings. The van der Waals surface area contributed by atoms with Crippen LogP contribution in [0.1, 0.15) is 26.4 Å². The van der Waals surface area contributed by atoms with Crippen molar-refractivity contribution in [2.24, 2.45) is 0 Å². The zero-order valence-corrected chi connectivity index (χ0v) is 11.0. The Morgan fingerprint density at radius 3 is 2.85 bits per heavy atom. The number of anilines is 1. The van der Waals surface area contributed by atoms with Crippen LogP contribution in [-0.4, -0.2) is 27.0 Å². The number of aryl methyl sites for hydroxylation is 1. The number of aromatic nitrogens is 2. The van der Waals surface area contributed by atoms with Crippen LogP contribution in [0.15, 0.2) is 18.5 Å². The largest absolute Gasteiger partial charge is 0.478 e. The number of hydrogen-bond acceptors (Lipinski definition) is 3. The van der Waals surface area contributed by atoms with E-state index in [4.69, 9.17) is 16.7 Å². The van der Waals surface area contributed by atoms with Gasteiger partial charge >= 0.3 is 5.97 Å². The van der Waals surface area contributed by atoms with Crippen molar-refractivity contribution in [3.63, 3.8) is 0 Å². The number of H-pyrrole nitrogens is 1. The third-order valence-corrected chi connectivity index (χ3v) is 2.89. The number of aromatic amines is 1. The summed E-state index contributed by atoms with van der Waals surface area (Å²) in [7, 11) is 0. The highest BCUT2D eigenvalue weighted by Gasteiger charge is 2.19. The van der Waals surface area contributed by atoms with Crippen molar-refractivity contribution >= 4 is 29.2 Å². The number of pyridine rings is 1. The van der Waals surface area contributed by atoms with Crippen molar-refractivity contribution in [3.05, 3.63) is 46.3 Å². The second kappa shape index (κ2) is 5.30. The van der Waals surface area contributed by atoms with Crippen LogP contribution in [-0.2, 0) is 0 Å². The summed E-state index contributed by atoms with van der Waals surface area (Å²) in [5.74, 6) is -2.66. The first kappa shape index (κ1) is 14.0. The average Bonchev–Trinajstić information content (AvgIpc) is 2.73. The maximum atomic E-state index is 13.1. The number of hydrogen-bond donors (Lipinski definition) is 3. The van der Waals surface area contributed by atoms with Crippen LogP contribution in [0.3, 0.4) is 0 Å². The number of carboxylic acid groups (broad SMARTS) is 1. The fourth-order valence-electron chi connectivity index (χ4n) is 1.67. The van der Waals surface area contributed by atoms with Crippen LogP contribution in [0.4, 0.5) is 10.1 Å². The van der Waals surface area contributed by atoms with Gasteiger partial charge in [0.15, 0.2) is 0 Å². The van der Waals surface area contributed by atoms with Crippen LogP contribution in [0.2, 0.25) is 5.15 Å². The molecule has 6 nitrogen and oxygen atoms in total.